The lowest BCUT2D eigenvalue weighted by molar-refractivity contribution is 0.0690. The molecule has 2 heterocycles. The highest BCUT2D eigenvalue weighted by molar-refractivity contribution is 5.84. The van der Waals surface area contributed by atoms with Crippen LogP contribution in [-0.2, 0) is 13.0 Å². The number of aryl methyl sites for hydroxylation is 1. The molecular formula is C11H13N5O2. The molecule has 0 fully saturated rings. The first-order chi connectivity index (χ1) is 8.70. The first-order valence-electron chi connectivity index (χ1n) is 5.51. The Kier molecular flexibility index (Phi) is 3.52. The molecule has 0 amide bonds. The van der Waals surface area contributed by atoms with E-state index in [9.17, 15) is 4.79 Å². The molecule has 7 heteroatoms. The summed E-state index contributed by atoms with van der Waals surface area (Å²) in [5.41, 5.74) is 2.05. The number of nitrogens with one attached hydrogen (secondary N) is 2. The molecule has 94 valence electrons. The second kappa shape index (κ2) is 5.26. The number of nitrogens with zero attached hydrogens (tertiary/aromatic N) is 3. The summed E-state index contributed by atoms with van der Waals surface area (Å²) < 4.78 is 0. The number of rotatable bonds is 5. The molecule has 0 radical (unpaired) electrons. The summed E-state index contributed by atoms with van der Waals surface area (Å²) >= 11 is 0. The van der Waals surface area contributed by atoms with E-state index in [0.29, 0.717) is 12.4 Å². The largest absolute Gasteiger partial charge is 0.476 e. The predicted octanol–water partition coefficient (Wildman–Crippen LogP) is 1.07. The van der Waals surface area contributed by atoms with E-state index in [1.54, 1.807) is 6.20 Å². The van der Waals surface area contributed by atoms with Crippen molar-refractivity contribution >= 4 is 11.8 Å². The van der Waals surface area contributed by atoms with Crippen molar-refractivity contribution in [1.82, 2.24) is 20.2 Å². The molecule has 0 saturated carbocycles. The van der Waals surface area contributed by atoms with Gasteiger partial charge in [-0.1, -0.05) is 6.92 Å². The van der Waals surface area contributed by atoms with E-state index in [0.717, 1.165) is 17.7 Å². The summed E-state index contributed by atoms with van der Waals surface area (Å²) in [6.45, 7) is 2.60. The summed E-state index contributed by atoms with van der Waals surface area (Å²) in [5.74, 6) is -0.562. The van der Waals surface area contributed by atoms with Crippen LogP contribution >= 0.6 is 0 Å². The molecule has 7 nitrogen and oxygen atoms in total. The van der Waals surface area contributed by atoms with Crippen LogP contribution < -0.4 is 5.32 Å². The molecule has 0 spiro atoms. The van der Waals surface area contributed by atoms with Crippen molar-refractivity contribution in [3.8, 4) is 0 Å². The number of carboxylic acid groups (broad SMARTS) is 1. The zero-order valence-corrected chi connectivity index (χ0v) is 9.84. The van der Waals surface area contributed by atoms with Crippen LogP contribution in [0.5, 0.6) is 0 Å². The number of carboxylic acids is 1. The highest BCUT2D eigenvalue weighted by atomic mass is 16.4. The van der Waals surface area contributed by atoms with Crippen LogP contribution in [-0.4, -0.2) is 31.2 Å². The number of aromatic carboxylic acids is 1. The molecule has 0 atom stereocenters. The summed E-state index contributed by atoms with van der Waals surface area (Å²) in [6.07, 6.45) is 5.30. The topological polar surface area (TPSA) is 104 Å². The predicted molar refractivity (Wildman–Crippen MR) is 64.3 cm³/mol. The van der Waals surface area contributed by atoms with E-state index in [4.69, 9.17) is 5.11 Å². The Morgan fingerprint density at radius 1 is 1.39 bits per heavy atom. The van der Waals surface area contributed by atoms with Crippen molar-refractivity contribution in [2.24, 2.45) is 0 Å². The number of hydrogen-bond acceptors (Lipinski definition) is 5. The zero-order valence-electron chi connectivity index (χ0n) is 9.84. The highest BCUT2D eigenvalue weighted by Crippen LogP contribution is 2.08. The van der Waals surface area contributed by atoms with Crippen LogP contribution in [0.4, 0.5) is 5.82 Å². The van der Waals surface area contributed by atoms with Crippen LogP contribution in [0.25, 0.3) is 0 Å². The molecule has 2 aromatic rings. The summed E-state index contributed by atoms with van der Waals surface area (Å²) in [6, 6.07) is 0. The molecule has 0 bridgehead atoms. The summed E-state index contributed by atoms with van der Waals surface area (Å²) in [5, 5.41) is 18.6. The minimum Gasteiger partial charge on any atom is -0.476 e. The van der Waals surface area contributed by atoms with Gasteiger partial charge >= 0.3 is 5.97 Å². The van der Waals surface area contributed by atoms with Crippen molar-refractivity contribution < 1.29 is 9.90 Å². The molecule has 0 aliphatic heterocycles. The fraction of sp³-hybridized carbons (Fsp3) is 0.273. The summed E-state index contributed by atoms with van der Waals surface area (Å²) in [7, 11) is 0. The lowest BCUT2D eigenvalue weighted by Crippen LogP contribution is -2.06. The van der Waals surface area contributed by atoms with Crippen LogP contribution in [0.2, 0.25) is 0 Å². The SMILES string of the molecule is CCc1cn[nH]c1CNc1cnc(C(=O)O)cn1. The van der Waals surface area contributed by atoms with Crippen LogP contribution in [0.15, 0.2) is 18.6 Å². The first-order valence-corrected chi connectivity index (χ1v) is 5.51. The van der Waals surface area contributed by atoms with Crippen molar-refractivity contribution in [2.45, 2.75) is 19.9 Å². The zero-order chi connectivity index (χ0) is 13.0. The Bertz CT molecular complexity index is 535. The van der Waals surface area contributed by atoms with Crippen LogP contribution in [0.1, 0.15) is 28.7 Å². The van der Waals surface area contributed by atoms with Gasteiger partial charge in [0.25, 0.3) is 0 Å². The second-order valence-electron chi connectivity index (χ2n) is 3.67. The fourth-order valence-electron chi connectivity index (χ4n) is 1.50. The van der Waals surface area contributed by atoms with Gasteiger partial charge in [0.1, 0.15) is 5.82 Å². The maximum Gasteiger partial charge on any atom is 0.356 e. The fourth-order valence-corrected chi connectivity index (χ4v) is 1.50. The first kappa shape index (κ1) is 12.0. The van der Waals surface area contributed by atoms with E-state index in [2.05, 4.69) is 32.4 Å². The van der Waals surface area contributed by atoms with Gasteiger partial charge in [0.05, 0.1) is 30.8 Å². The molecule has 0 aliphatic carbocycles. The average molecular weight is 247 g/mol. The molecule has 0 aliphatic rings. The molecule has 18 heavy (non-hydrogen) atoms. The molecule has 2 aromatic heterocycles. The summed E-state index contributed by atoms with van der Waals surface area (Å²) in [4.78, 5) is 18.3. The van der Waals surface area contributed by atoms with Gasteiger partial charge in [0.2, 0.25) is 0 Å². The molecule has 0 aromatic carbocycles. The average Bonchev–Trinajstić information content (AvgIpc) is 2.84. The number of aromatic nitrogens is 4. The van der Waals surface area contributed by atoms with E-state index in [-0.39, 0.29) is 5.69 Å². The number of carbonyl (C=O) groups is 1. The van der Waals surface area contributed by atoms with Gasteiger partial charge in [-0.15, -0.1) is 0 Å². The van der Waals surface area contributed by atoms with Crippen LogP contribution in [0, 0.1) is 0 Å². The minimum atomic E-state index is -1.09. The quantitative estimate of drug-likeness (QED) is 0.730. The normalized spacial score (nSPS) is 10.3. The van der Waals surface area contributed by atoms with Gasteiger partial charge in [-0.2, -0.15) is 5.10 Å². The highest BCUT2D eigenvalue weighted by Gasteiger charge is 2.06. The Labute approximate surface area is 103 Å². The molecular weight excluding hydrogens is 234 g/mol. The maximum atomic E-state index is 10.6. The standard InChI is InChI=1S/C11H13N5O2/c1-2-7-3-15-16-8(7)4-13-10-6-12-9(5-14-10)11(17)18/h3,5-6H,2,4H2,1H3,(H,13,14)(H,15,16)(H,17,18). The molecule has 3 N–H and O–H groups in total. The molecule has 0 unspecified atom stereocenters. The monoisotopic (exact) mass is 247 g/mol. The van der Waals surface area contributed by atoms with Crippen molar-refractivity contribution in [3.05, 3.63) is 35.5 Å². The maximum absolute atomic E-state index is 10.6. The minimum absolute atomic E-state index is 0.0728. The number of aromatic amines is 1. The molecule has 0 saturated heterocycles. The third-order valence-electron chi connectivity index (χ3n) is 2.51. The smallest absolute Gasteiger partial charge is 0.356 e. The van der Waals surface area contributed by atoms with E-state index < -0.39 is 5.97 Å². The van der Waals surface area contributed by atoms with E-state index in [1.165, 1.54) is 12.4 Å². The van der Waals surface area contributed by atoms with E-state index in [1.807, 2.05) is 0 Å². The van der Waals surface area contributed by atoms with Crippen molar-refractivity contribution in [1.29, 1.82) is 0 Å². The third-order valence-corrected chi connectivity index (χ3v) is 2.51. The third kappa shape index (κ3) is 2.62. The Hall–Kier alpha value is -2.44. The van der Waals surface area contributed by atoms with Crippen molar-refractivity contribution in [2.75, 3.05) is 5.32 Å². The van der Waals surface area contributed by atoms with Gasteiger partial charge in [-0.3, -0.25) is 5.10 Å². The van der Waals surface area contributed by atoms with Crippen LogP contribution in [0.3, 0.4) is 0 Å². The Morgan fingerprint density at radius 3 is 2.83 bits per heavy atom. The van der Waals surface area contributed by atoms with Gasteiger partial charge < -0.3 is 10.4 Å². The lowest BCUT2D eigenvalue weighted by Gasteiger charge is -2.05. The Balaban J connectivity index is 2.00. The van der Waals surface area contributed by atoms with Crippen molar-refractivity contribution in [3.63, 3.8) is 0 Å². The second-order valence-corrected chi connectivity index (χ2v) is 3.67. The van der Waals surface area contributed by atoms with Gasteiger partial charge in [-0.05, 0) is 12.0 Å². The lowest BCUT2D eigenvalue weighted by atomic mass is 10.2. The van der Waals surface area contributed by atoms with E-state index >= 15 is 0 Å². The molecule has 2 rings (SSSR count). The number of anilines is 1. The number of H-pyrrole nitrogens is 1. The Morgan fingerprint density at radius 2 is 2.22 bits per heavy atom. The van der Waals surface area contributed by atoms with Gasteiger partial charge in [0.15, 0.2) is 5.69 Å². The van der Waals surface area contributed by atoms with Gasteiger partial charge in [-0.25, -0.2) is 14.8 Å². The van der Waals surface area contributed by atoms with Gasteiger partial charge in [0, 0.05) is 0 Å². The number of hydrogen-bond donors (Lipinski definition) is 3.